The van der Waals surface area contributed by atoms with Crippen LogP contribution in [0, 0.1) is 6.92 Å². The van der Waals surface area contributed by atoms with E-state index in [4.69, 9.17) is 11.6 Å². The fourth-order valence-electron chi connectivity index (χ4n) is 1.63. The van der Waals surface area contributed by atoms with Gasteiger partial charge in [-0.2, -0.15) is 0 Å². The third-order valence-electron chi connectivity index (χ3n) is 2.61. The second kappa shape index (κ2) is 6.41. The second-order valence-electron chi connectivity index (χ2n) is 4.25. The van der Waals surface area contributed by atoms with Crippen molar-refractivity contribution < 1.29 is 4.79 Å². The van der Waals surface area contributed by atoms with Crippen LogP contribution in [0.1, 0.15) is 29.8 Å². The Morgan fingerprint density at radius 3 is 2.59 bits per heavy atom. The lowest BCUT2D eigenvalue weighted by Crippen LogP contribution is -2.38. The van der Waals surface area contributed by atoms with E-state index in [2.05, 4.69) is 15.9 Å². The zero-order valence-electron chi connectivity index (χ0n) is 10.3. The highest BCUT2D eigenvalue weighted by Gasteiger charge is 2.18. The van der Waals surface area contributed by atoms with Crippen LogP contribution in [0.3, 0.4) is 0 Å². The van der Waals surface area contributed by atoms with Gasteiger partial charge in [0.2, 0.25) is 0 Å². The van der Waals surface area contributed by atoms with Crippen molar-refractivity contribution in [3.8, 4) is 0 Å². The first-order valence-electron chi connectivity index (χ1n) is 5.60. The molecule has 0 saturated heterocycles. The molecule has 0 spiro atoms. The van der Waals surface area contributed by atoms with Gasteiger partial charge in [-0.3, -0.25) is 4.79 Å². The summed E-state index contributed by atoms with van der Waals surface area (Å²) in [7, 11) is 0. The molecule has 2 nitrogen and oxygen atoms in total. The standard InChI is InChI=1S/C13H17BrClNO/c1-9(2)16(7-6-15)13(17)11-4-5-12(14)10(3)8-11/h4-5,8-9H,6-7H2,1-3H3. The molecule has 1 aromatic carbocycles. The Morgan fingerprint density at radius 2 is 2.12 bits per heavy atom. The minimum atomic E-state index is 0.0382. The van der Waals surface area contributed by atoms with E-state index in [9.17, 15) is 4.79 Å². The van der Waals surface area contributed by atoms with Gasteiger partial charge < -0.3 is 4.90 Å². The van der Waals surface area contributed by atoms with Crippen molar-refractivity contribution >= 4 is 33.4 Å². The quantitative estimate of drug-likeness (QED) is 0.772. The number of amides is 1. The van der Waals surface area contributed by atoms with Gasteiger partial charge in [0.05, 0.1) is 0 Å². The summed E-state index contributed by atoms with van der Waals surface area (Å²) >= 11 is 9.16. The van der Waals surface area contributed by atoms with Crippen LogP contribution in [0.5, 0.6) is 0 Å². The molecule has 94 valence electrons. The number of nitrogens with zero attached hydrogens (tertiary/aromatic N) is 1. The SMILES string of the molecule is Cc1cc(C(=O)N(CCCl)C(C)C)ccc1Br. The van der Waals surface area contributed by atoms with Gasteiger partial charge in [0, 0.05) is 28.5 Å². The number of aryl methyl sites for hydroxylation is 1. The molecule has 0 aliphatic carbocycles. The van der Waals surface area contributed by atoms with Crippen molar-refractivity contribution in [3.63, 3.8) is 0 Å². The Bertz CT molecular complexity index is 406. The number of carbonyl (C=O) groups excluding carboxylic acids is 1. The van der Waals surface area contributed by atoms with Crippen molar-refractivity contribution in [2.24, 2.45) is 0 Å². The predicted octanol–water partition coefficient (Wildman–Crippen LogP) is 3.85. The van der Waals surface area contributed by atoms with Crippen LogP contribution in [0.25, 0.3) is 0 Å². The topological polar surface area (TPSA) is 20.3 Å². The average molecular weight is 319 g/mol. The van der Waals surface area contributed by atoms with Crippen LogP contribution in [0.4, 0.5) is 0 Å². The van der Waals surface area contributed by atoms with E-state index in [1.807, 2.05) is 39.0 Å². The third-order valence-corrected chi connectivity index (χ3v) is 3.67. The molecule has 1 amide bonds. The summed E-state index contributed by atoms with van der Waals surface area (Å²) in [5, 5.41) is 0. The van der Waals surface area contributed by atoms with Crippen molar-refractivity contribution in [2.75, 3.05) is 12.4 Å². The molecule has 4 heteroatoms. The van der Waals surface area contributed by atoms with E-state index in [1.54, 1.807) is 4.90 Å². The Hall–Kier alpha value is -0.540. The largest absolute Gasteiger partial charge is 0.335 e. The Morgan fingerprint density at radius 1 is 1.47 bits per heavy atom. The lowest BCUT2D eigenvalue weighted by atomic mass is 10.1. The van der Waals surface area contributed by atoms with Crippen LogP contribution in [0.15, 0.2) is 22.7 Å². The molecular formula is C13H17BrClNO. The maximum atomic E-state index is 12.3. The molecule has 0 saturated carbocycles. The zero-order valence-corrected chi connectivity index (χ0v) is 12.7. The number of benzene rings is 1. The number of alkyl halides is 1. The highest BCUT2D eigenvalue weighted by Crippen LogP contribution is 2.18. The summed E-state index contributed by atoms with van der Waals surface area (Å²) in [6.45, 7) is 6.54. The summed E-state index contributed by atoms with van der Waals surface area (Å²) in [5.74, 6) is 0.496. The number of rotatable bonds is 4. The Kier molecular flexibility index (Phi) is 5.47. The summed E-state index contributed by atoms with van der Waals surface area (Å²) < 4.78 is 1.02. The highest BCUT2D eigenvalue weighted by molar-refractivity contribution is 9.10. The molecule has 0 aliphatic heterocycles. The fraction of sp³-hybridized carbons (Fsp3) is 0.462. The maximum absolute atomic E-state index is 12.3. The number of hydrogen-bond acceptors (Lipinski definition) is 1. The normalized spacial score (nSPS) is 10.7. The molecule has 0 unspecified atom stereocenters. The van der Waals surface area contributed by atoms with Crippen LogP contribution < -0.4 is 0 Å². The molecule has 17 heavy (non-hydrogen) atoms. The molecule has 0 fully saturated rings. The van der Waals surface area contributed by atoms with Gasteiger partial charge in [-0.05, 0) is 44.5 Å². The van der Waals surface area contributed by atoms with E-state index in [0.717, 1.165) is 10.0 Å². The molecule has 1 aromatic rings. The van der Waals surface area contributed by atoms with Gasteiger partial charge in [-0.1, -0.05) is 15.9 Å². The number of carbonyl (C=O) groups is 1. The lowest BCUT2D eigenvalue weighted by molar-refractivity contribution is 0.0718. The number of hydrogen-bond donors (Lipinski definition) is 0. The van der Waals surface area contributed by atoms with Crippen LogP contribution in [-0.2, 0) is 0 Å². The molecule has 0 aliphatic rings. The summed E-state index contributed by atoms with van der Waals surface area (Å²) in [6, 6.07) is 5.80. The Labute approximate surface area is 116 Å². The first-order valence-corrected chi connectivity index (χ1v) is 6.93. The van der Waals surface area contributed by atoms with E-state index in [0.29, 0.717) is 18.0 Å². The minimum absolute atomic E-state index is 0.0382. The van der Waals surface area contributed by atoms with Crippen LogP contribution >= 0.6 is 27.5 Å². The third kappa shape index (κ3) is 3.71. The molecule has 1 rings (SSSR count). The summed E-state index contributed by atoms with van der Waals surface area (Å²) in [5.41, 5.74) is 1.77. The maximum Gasteiger partial charge on any atom is 0.254 e. The molecule has 0 N–H and O–H groups in total. The van der Waals surface area contributed by atoms with Gasteiger partial charge >= 0.3 is 0 Å². The van der Waals surface area contributed by atoms with Gasteiger partial charge in [0.15, 0.2) is 0 Å². The van der Waals surface area contributed by atoms with Gasteiger partial charge in [-0.25, -0.2) is 0 Å². The lowest BCUT2D eigenvalue weighted by Gasteiger charge is -2.26. The average Bonchev–Trinajstić information content (AvgIpc) is 2.28. The van der Waals surface area contributed by atoms with Gasteiger partial charge in [0.25, 0.3) is 5.91 Å². The van der Waals surface area contributed by atoms with Crippen LogP contribution in [0.2, 0.25) is 0 Å². The first kappa shape index (κ1) is 14.5. The first-order chi connectivity index (χ1) is 7.97. The predicted molar refractivity (Wildman–Crippen MR) is 75.8 cm³/mol. The minimum Gasteiger partial charge on any atom is -0.335 e. The molecule has 0 radical (unpaired) electrons. The molecule has 0 bridgehead atoms. The number of halogens is 2. The molecule has 0 aromatic heterocycles. The monoisotopic (exact) mass is 317 g/mol. The smallest absolute Gasteiger partial charge is 0.254 e. The van der Waals surface area contributed by atoms with Crippen molar-refractivity contribution in [1.82, 2.24) is 4.90 Å². The molecule has 0 atom stereocenters. The fourth-order valence-corrected chi connectivity index (χ4v) is 2.06. The van der Waals surface area contributed by atoms with Crippen LogP contribution in [-0.4, -0.2) is 29.3 Å². The van der Waals surface area contributed by atoms with Crippen molar-refractivity contribution in [1.29, 1.82) is 0 Å². The zero-order chi connectivity index (χ0) is 13.0. The Balaban J connectivity index is 2.97. The van der Waals surface area contributed by atoms with E-state index in [-0.39, 0.29) is 11.9 Å². The van der Waals surface area contributed by atoms with E-state index >= 15 is 0 Å². The van der Waals surface area contributed by atoms with Gasteiger partial charge in [0.1, 0.15) is 0 Å². The van der Waals surface area contributed by atoms with Crippen molar-refractivity contribution in [2.45, 2.75) is 26.8 Å². The second-order valence-corrected chi connectivity index (χ2v) is 5.48. The highest BCUT2D eigenvalue weighted by atomic mass is 79.9. The van der Waals surface area contributed by atoms with E-state index < -0.39 is 0 Å². The van der Waals surface area contributed by atoms with E-state index in [1.165, 1.54) is 0 Å². The van der Waals surface area contributed by atoms with Gasteiger partial charge in [-0.15, -0.1) is 11.6 Å². The van der Waals surface area contributed by atoms with Crippen molar-refractivity contribution in [3.05, 3.63) is 33.8 Å². The molecular weight excluding hydrogens is 302 g/mol. The summed E-state index contributed by atoms with van der Waals surface area (Å²) in [6.07, 6.45) is 0. The molecule has 0 heterocycles. The summed E-state index contributed by atoms with van der Waals surface area (Å²) in [4.78, 5) is 14.1.